The van der Waals surface area contributed by atoms with Gasteiger partial charge in [-0.1, -0.05) is 0 Å². The van der Waals surface area contributed by atoms with Crippen molar-refractivity contribution in [3.63, 3.8) is 0 Å². The number of anilines is 1. The first-order chi connectivity index (χ1) is 11.6. The quantitative estimate of drug-likeness (QED) is 0.854. The largest absolute Gasteiger partial charge is 0.376 e. The lowest BCUT2D eigenvalue weighted by Gasteiger charge is -2.16. The van der Waals surface area contributed by atoms with Gasteiger partial charge in [0, 0.05) is 29.7 Å². The fraction of sp³-hybridized carbons (Fsp3) is 0.444. The van der Waals surface area contributed by atoms with Gasteiger partial charge in [0.05, 0.1) is 12.7 Å². The minimum Gasteiger partial charge on any atom is -0.376 e. The number of H-pyrrole nitrogens is 1. The summed E-state index contributed by atoms with van der Waals surface area (Å²) in [5.41, 5.74) is 2.72. The smallest absolute Gasteiger partial charge is 0.253 e. The number of imidazole rings is 1. The van der Waals surface area contributed by atoms with E-state index in [0.29, 0.717) is 6.61 Å². The second kappa shape index (κ2) is 7.59. The van der Waals surface area contributed by atoms with Crippen molar-refractivity contribution in [2.24, 2.45) is 0 Å². The third kappa shape index (κ3) is 4.21. The van der Waals surface area contributed by atoms with E-state index in [2.05, 4.69) is 15.3 Å². The summed E-state index contributed by atoms with van der Waals surface area (Å²) in [5, 5.41) is 2.87. The Morgan fingerprint density at radius 3 is 2.88 bits per heavy atom. The number of rotatable bonds is 6. The molecule has 1 aromatic heterocycles. The maximum atomic E-state index is 12.2. The first-order valence-electron chi connectivity index (χ1n) is 8.28. The molecule has 2 N–H and O–H groups in total. The molecule has 3 rings (SSSR count). The molecule has 0 unspecified atom stereocenters. The van der Waals surface area contributed by atoms with Crippen LogP contribution in [0.15, 0.2) is 30.5 Å². The van der Waals surface area contributed by atoms with E-state index in [4.69, 9.17) is 9.47 Å². The lowest BCUT2D eigenvalue weighted by Crippen LogP contribution is -2.30. The van der Waals surface area contributed by atoms with Gasteiger partial charge >= 0.3 is 0 Å². The van der Waals surface area contributed by atoms with Gasteiger partial charge < -0.3 is 19.8 Å². The molecule has 128 valence electrons. The van der Waals surface area contributed by atoms with Gasteiger partial charge in [-0.3, -0.25) is 4.79 Å². The number of amides is 1. The third-order valence-corrected chi connectivity index (χ3v) is 4.05. The number of aromatic amines is 1. The molecule has 2 atom stereocenters. The van der Waals surface area contributed by atoms with Crippen LogP contribution in [0.1, 0.15) is 25.5 Å². The molecule has 0 saturated carbocycles. The van der Waals surface area contributed by atoms with E-state index in [9.17, 15) is 4.79 Å². The predicted molar refractivity (Wildman–Crippen MR) is 91.8 cm³/mol. The van der Waals surface area contributed by atoms with Crippen molar-refractivity contribution < 1.29 is 14.3 Å². The highest BCUT2D eigenvalue weighted by Gasteiger charge is 2.20. The zero-order valence-corrected chi connectivity index (χ0v) is 14.0. The second-order valence-electron chi connectivity index (χ2n) is 6.09. The van der Waals surface area contributed by atoms with Gasteiger partial charge in [-0.2, -0.15) is 0 Å². The van der Waals surface area contributed by atoms with Crippen LogP contribution in [0.4, 0.5) is 5.69 Å². The Morgan fingerprint density at radius 2 is 2.25 bits per heavy atom. The van der Waals surface area contributed by atoms with E-state index in [1.54, 1.807) is 13.1 Å². The number of carbonyl (C=O) groups excluding carboxylic acids is 1. The molecule has 24 heavy (non-hydrogen) atoms. The van der Waals surface area contributed by atoms with Crippen LogP contribution in [0, 0.1) is 6.92 Å². The topological polar surface area (TPSA) is 76.2 Å². The predicted octanol–water partition coefficient (Wildman–Crippen LogP) is 2.91. The van der Waals surface area contributed by atoms with Gasteiger partial charge in [0.15, 0.2) is 0 Å². The molecule has 6 nitrogen and oxygen atoms in total. The van der Waals surface area contributed by atoms with Gasteiger partial charge in [0.25, 0.3) is 5.91 Å². The number of carbonyl (C=O) groups is 1. The molecule has 1 saturated heterocycles. The van der Waals surface area contributed by atoms with E-state index in [-0.39, 0.29) is 12.0 Å². The third-order valence-electron chi connectivity index (χ3n) is 4.05. The molecule has 1 aliphatic rings. The van der Waals surface area contributed by atoms with Gasteiger partial charge in [0.1, 0.15) is 11.9 Å². The van der Waals surface area contributed by atoms with Crippen molar-refractivity contribution in [2.45, 2.75) is 38.9 Å². The van der Waals surface area contributed by atoms with Crippen molar-refractivity contribution in [1.82, 2.24) is 9.97 Å². The summed E-state index contributed by atoms with van der Waals surface area (Å²) in [4.78, 5) is 19.7. The Balaban J connectivity index is 1.52. The number of benzene rings is 1. The Kier molecular flexibility index (Phi) is 5.27. The minimum absolute atomic E-state index is 0.122. The van der Waals surface area contributed by atoms with Crippen molar-refractivity contribution in [3.8, 4) is 11.4 Å². The minimum atomic E-state index is -0.512. The van der Waals surface area contributed by atoms with Crippen LogP contribution < -0.4 is 5.32 Å². The van der Waals surface area contributed by atoms with Gasteiger partial charge in [0.2, 0.25) is 0 Å². The van der Waals surface area contributed by atoms with Crippen LogP contribution >= 0.6 is 0 Å². The Bertz CT molecular complexity index is 675. The number of hydrogen-bond donors (Lipinski definition) is 2. The zero-order valence-electron chi connectivity index (χ0n) is 14.0. The van der Waals surface area contributed by atoms with Crippen LogP contribution in [0.2, 0.25) is 0 Å². The Morgan fingerprint density at radius 1 is 1.46 bits per heavy atom. The normalized spacial score (nSPS) is 18.5. The average molecular weight is 329 g/mol. The molecular formula is C18H23N3O3. The summed E-state index contributed by atoms with van der Waals surface area (Å²) in [5.74, 6) is 0.660. The van der Waals surface area contributed by atoms with Crippen LogP contribution in [0.3, 0.4) is 0 Å². The van der Waals surface area contributed by atoms with E-state index >= 15 is 0 Å². The van der Waals surface area contributed by atoms with Crippen molar-refractivity contribution in [1.29, 1.82) is 0 Å². The average Bonchev–Trinajstić information content (AvgIpc) is 3.25. The lowest BCUT2D eigenvalue weighted by atomic mass is 10.2. The summed E-state index contributed by atoms with van der Waals surface area (Å²) < 4.78 is 11.1. The monoisotopic (exact) mass is 329 g/mol. The molecule has 1 aliphatic heterocycles. The molecular weight excluding hydrogens is 306 g/mol. The second-order valence-corrected chi connectivity index (χ2v) is 6.09. The fourth-order valence-electron chi connectivity index (χ4n) is 2.62. The van der Waals surface area contributed by atoms with Crippen molar-refractivity contribution in [3.05, 3.63) is 36.2 Å². The van der Waals surface area contributed by atoms with Crippen LogP contribution in [-0.4, -0.2) is 41.3 Å². The summed E-state index contributed by atoms with van der Waals surface area (Å²) in [6.07, 6.45) is 3.47. The van der Waals surface area contributed by atoms with Gasteiger partial charge in [-0.05, 0) is 51.0 Å². The standard InChI is InChI=1S/C18H23N3O3/c1-12-10-19-17(20-12)14-5-7-15(8-6-14)21-18(22)13(2)24-11-16-4-3-9-23-16/h5-8,10,13,16H,3-4,9,11H2,1-2H3,(H,19,20)(H,21,22)/t13-,16-/m0/s1. The number of aryl methyl sites for hydroxylation is 1. The van der Waals surface area contributed by atoms with Crippen molar-refractivity contribution >= 4 is 11.6 Å². The number of ether oxygens (including phenoxy) is 2. The maximum Gasteiger partial charge on any atom is 0.253 e. The van der Waals surface area contributed by atoms with Crippen LogP contribution in [0.5, 0.6) is 0 Å². The van der Waals surface area contributed by atoms with E-state index in [1.165, 1.54) is 0 Å². The first-order valence-corrected chi connectivity index (χ1v) is 8.28. The number of nitrogens with one attached hydrogen (secondary N) is 2. The highest BCUT2D eigenvalue weighted by Crippen LogP contribution is 2.19. The summed E-state index contributed by atoms with van der Waals surface area (Å²) >= 11 is 0. The number of nitrogens with zero attached hydrogens (tertiary/aromatic N) is 1. The molecule has 0 radical (unpaired) electrons. The summed E-state index contributed by atoms with van der Waals surface area (Å²) in [6, 6.07) is 7.56. The molecule has 6 heteroatoms. The van der Waals surface area contributed by atoms with Gasteiger partial charge in [-0.25, -0.2) is 4.98 Å². The maximum absolute atomic E-state index is 12.2. The molecule has 1 fully saturated rings. The van der Waals surface area contributed by atoms with Gasteiger partial charge in [-0.15, -0.1) is 0 Å². The number of aromatic nitrogens is 2. The van der Waals surface area contributed by atoms with Crippen LogP contribution in [-0.2, 0) is 14.3 Å². The molecule has 2 aromatic rings. The molecule has 0 spiro atoms. The number of hydrogen-bond acceptors (Lipinski definition) is 4. The van der Waals surface area contributed by atoms with E-state index in [0.717, 1.165) is 42.2 Å². The summed E-state index contributed by atoms with van der Waals surface area (Å²) in [7, 11) is 0. The van der Waals surface area contributed by atoms with Crippen LogP contribution in [0.25, 0.3) is 11.4 Å². The fourth-order valence-corrected chi connectivity index (χ4v) is 2.62. The molecule has 0 aliphatic carbocycles. The van der Waals surface area contributed by atoms with Crippen molar-refractivity contribution in [2.75, 3.05) is 18.5 Å². The molecule has 1 amide bonds. The highest BCUT2D eigenvalue weighted by molar-refractivity contribution is 5.94. The zero-order chi connectivity index (χ0) is 16.9. The molecule has 0 bridgehead atoms. The highest BCUT2D eigenvalue weighted by atomic mass is 16.5. The SMILES string of the molecule is Cc1cnc(-c2ccc(NC(=O)[C@H](C)OC[C@@H]3CCCO3)cc2)[nH]1. The summed E-state index contributed by atoms with van der Waals surface area (Å²) in [6.45, 7) is 4.97. The van der Waals surface area contributed by atoms with E-state index in [1.807, 2.05) is 31.2 Å². The Hall–Kier alpha value is -2.18. The molecule has 1 aromatic carbocycles. The Labute approximate surface area is 141 Å². The lowest BCUT2D eigenvalue weighted by molar-refractivity contribution is -0.128. The first kappa shape index (κ1) is 16.7. The van der Waals surface area contributed by atoms with E-state index < -0.39 is 6.10 Å². The molecule has 2 heterocycles.